The number of carbonyl (C=O) groups excluding carboxylic acids is 2. The van der Waals surface area contributed by atoms with E-state index in [0.29, 0.717) is 0 Å². The second kappa shape index (κ2) is 7.53. The van der Waals surface area contributed by atoms with Crippen LogP contribution in [0.5, 0.6) is 0 Å². The molecule has 0 aliphatic carbocycles. The highest BCUT2D eigenvalue weighted by Gasteiger charge is 2.10. The van der Waals surface area contributed by atoms with Gasteiger partial charge in [0.05, 0.1) is 7.11 Å². The van der Waals surface area contributed by atoms with Gasteiger partial charge in [-0.3, -0.25) is 4.79 Å². The lowest BCUT2D eigenvalue weighted by molar-refractivity contribution is -0.120. The van der Waals surface area contributed by atoms with Crippen LogP contribution in [0, 0.1) is 13.8 Å². The van der Waals surface area contributed by atoms with Crippen molar-refractivity contribution < 1.29 is 14.3 Å². The van der Waals surface area contributed by atoms with Crippen molar-refractivity contribution in [2.45, 2.75) is 33.2 Å². The summed E-state index contributed by atoms with van der Waals surface area (Å²) in [6.07, 6.45) is 0.147. The highest BCUT2D eigenvalue weighted by molar-refractivity contribution is 5.82. The number of methoxy groups -OCH3 is 1. The van der Waals surface area contributed by atoms with Crippen molar-refractivity contribution in [2.75, 3.05) is 13.7 Å². The van der Waals surface area contributed by atoms with Crippen LogP contribution in [0.2, 0.25) is 0 Å². The predicted octanol–water partition coefficient (Wildman–Crippen LogP) is 1.71. The molecule has 2 N–H and O–H groups in total. The first kappa shape index (κ1) is 16.0. The summed E-state index contributed by atoms with van der Waals surface area (Å²) >= 11 is 0. The van der Waals surface area contributed by atoms with Crippen LogP contribution >= 0.6 is 0 Å². The average Bonchev–Trinajstić information content (AvgIpc) is 2.34. The summed E-state index contributed by atoms with van der Waals surface area (Å²) in [5.41, 5.74) is 3.62. The molecular weight excluding hydrogens is 256 g/mol. The molecule has 0 radical (unpaired) electrons. The molecule has 2 amide bonds. The molecular formula is C15H22N2O3. The Morgan fingerprint density at radius 1 is 1.20 bits per heavy atom. The SMILES string of the molecule is COC(=O)NCC(=O)N[C@H](C)Cc1cc(C)cc(C)c1. The van der Waals surface area contributed by atoms with Crippen LogP contribution in [0.25, 0.3) is 0 Å². The fourth-order valence-electron chi connectivity index (χ4n) is 2.14. The number of carbonyl (C=O) groups is 2. The number of benzene rings is 1. The highest BCUT2D eigenvalue weighted by Crippen LogP contribution is 2.10. The molecule has 5 nitrogen and oxygen atoms in total. The van der Waals surface area contributed by atoms with Crippen LogP contribution in [-0.2, 0) is 16.0 Å². The number of alkyl carbamates (subject to hydrolysis) is 1. The van der Waals surface area contributed by atoms with Gasteiger partial charge in [-0.05, 0) is 32.8 Å². The largest absolute Gasteiger partial charge is 0.453 e. The van der Waals surface area contributed by atoms with E-state index in [0.717, 1.165) is 6.42 Å². The number of amides is 2. The van der Waals surface area contributed by atoms with Gasteiger partial charge in [0.2, 0.25) is 5.91 Å². The van der Waals surface area contributed by atoms with E-state index >= 15 is 0 Å². The minimum atomic E-state index is -0.609. The summed E-state index contributed by atoms with van der Waals surface area (Å²) in [4.78, 5) is 22.5. The van der Waals surface area contributed by atoms with Crippen LogP contribution in [-0.4, -0.2) is 31.7 Å². The summed E-state index contributed by atoms with van der Waals surface area (Å²) < 4.78 is 4.40. The topological polar surface area (TPSA) is 67.4 Å². The number of hydrogen-bond acceptors (Lipinski definition) is 3. The maximum atomic E-state index is 11.6. The first-order valence-electron chi connectivity index (χ1n) is 6.59. The predicted molar refractivity (Wildman–Crippen MR) is 77.6 cm³/mol. The highest BCUT2D eigenvalue weighted by atomic mass is 16.5. The molecule has 0 spiro atoms. The van der Waals surface area contributed by atoms with Gasteiger partial charge in [-0.2, -0.15) is 0 Å². The van der Waals surface area contributed by atoms with E-state index in [1.54, 1.807) is 0 Å². The lowest BCUT2D eigenvalue weighted by Gasteiger charge is -2.15. The minimum Gasteiger partial charge on any atom is -0.453 e. The second-order valence-corrected chi connectivity index (χ2v) is 5.01. The Hall–Kier alpha value is -2.04. The maximum absolute atomic E-state index is 11.6. The average molecular weight is 278 g/mol. The smallest absolute Gasteiger partial charge is 0.407 e. The van der Waals surface area contributed by atoms with Gasteiger partial charge >= 0.3 is 6.09 Å². The molecule has 0 heterocycles. The van der Waals surface area contributed by atoms with Gasteiger partial charge in [0.1, 0.15) is 6.54 Å². The number of nitrogens with one attached hydrogen (secondary N) is 2. The van der Waals surface area contributed by atoms with Crippen molar-refractivity contribution >= 4 is 12.0 Å². The Labute approximate surface area is 119 Å². The summed E-state index contributed by atoms with van der Waals surface area (Å²) in [5, 5.41) is 5.18. The lowest BCUT2D eigenvalue weighted by Crippen LogP contribution is -2.41. The second-order valence-electron chi connectivity index (χ2n) is 5.01. The number of ether oxygens (including phenoxy) is 1. The van der Waals surface area contributed by atoms with Gasteiger partial charge in [0.15, 0.2) is 0 Å². The van der Waals surface area contributed by atoms with E-state index in [9.17, 15) is 9.59 Å². The third-order valence-corrected chi connectivity index (χ3v) is 2.81. The third kappa shape index (κ3) is 5.73. The van der Waals surface area contributed by atoms with Crippen LogP contribution < -0.4 is 10.6 Å². The molecule has 1 rings (SSSR count). The molecule has 1 atom stereocenters. The van der Waals surface area contributed by atoms with Crippen LogP contribution in [0.1, 0.15) is 23.6 Å². The Kier molecular flexibility index (Phi) is 6.03. The summed E-state index contributed by atoms with van der Waals surface area (Å²) in [5.74, 6) is -0.229. The summed E-state index contributed by atoms with van der Waals surface area (Å²) in [6, 6.07) is 6.35. The van der Waals surface area contributed by atoms with Crippen molar-refractivity contribution in [3.05, 3.63) is 34.9 Å². The van der Waals surface area contributed by atoms with Gasteiger partial charge in [-0.15, -0.1) is 0 Å². The van der Waals surface area contributed by atoms with Crippen molar-refractivity contribution in [2.24, 2.45) is 0 Å². The van der Waals surface area contributed by atoms with Gasteiger partial charge < -0.3 is 15.4 Å². The van der Waals surface area contributed by atoms with Gasteiger partial charge in [0, 0.05) is 6.04 Å². The molecule has 110 valence electrons. The number of rotatable bonds is 5. The van der Waals surface area contributed by atoms with E-state index in [1.165, 1.54) is 23.8 Å². The molecule has 0 saturated heterocycles. The van der Waals surface area contributed by atoms with Gasteiger partial charge in [-0.25, -0.2) is 4.79 Å². The Morgan fingerprint density at radius 3 is 2.35 bits per heavy atom. The van der Waals surface area contributed by atoms with Crippen LogP contribution in [0.15, 0.2) is 18.2 Å². The monoisotopic (exact) mass is 278 g/mol. The van der Waals surface area contributed by atoms with Gasteiger partial charge in [0.25, 0.3) is 0 Å². The van der Waals surface area contributed by atoms with Gasteiger partial charge in [-0.1, -0.05) is 29.3 Å². The van der Waals surface area contributed by atoms with Crippen LogP contribution in [0.4, 0.5) is 4.79 Å². The maximum Gasteiger partial charge on any atom is 0.407 e. The van der Waals surface area contributed by atoms with Crippen molar-refractivity contribution in [3.8, 4) is 0 Å². The normalized spacial score (nSPS) is 11.6. The third-order valence-electron chi connectivity index (χ3n) is 2.81. The molecule has 0 aromatic heterocycles. The van der Waals surface area contributed by atoms with Crippen molar-refractivity contribution in [3.63, 3.8) is 0 Å². The van der Waals surface area contributed by atoms with E-state index in [4.69, 9.17) is 0 Å². The quantitative estimate of drug-likeness (QED) is 0.861. The fraction of sp³-hybridized carbons (Fsp3) is 0.467. The van der Waals surface area contributed by atoms with E-state index in [-0.39, 0.29) is 18.5 Å². The molecule has 0 fully saturated rings. The first-order chi connectivity index (χ1) is 9.40. The fourth-order valence-corrected chi connectivity index (χ4v) is 2.14. The van der Waals surface area contributed by atoms with Crippen LogP contribution in [0.3, 0.4) is 0 Å². The first-order valence-corrected chi connectivity index (χ1v) is 6.59. The van der Waals surface area contributed by atoms with E-state index < -0.39 is 6.09 Å². The zero-order valence-electron chi connectivity index (χ0n) is 12.4. The van der Waals surface area contributed by atoms with E-state index in [1.807, 2.05) is 6.92 Å². The minimum absolute atomic E-state index is 0.00291. The molecule has 0 saturated carbocycles. The zero-order valence-corrected chi connectivity index (χ0v) is 12.4. The molecule has 0 aliphatic rings. The van der Waals surface area contributed by atoms with E-state index in [2.05, 4.69) is 47.4 Å². The molecule has 1 aromatic rings. The Morgan fingerprint density at radius 2 is 1.80 bits per heavy atom. The molecule has 0 aliphatic heterocycles. The molecule has 1 aromatic carbocycles. The van der Waals surface area contributed by atoms with Crippen molar-refractivity contribution in [1.29, 1.82) is 0 Å². The summed E-state index contributed by atoms with van der Waals surface area (Å²) in [6.45, 7) is 5.97. The molecule has 0 unspecified atom stereocenters. The van der Waals surface area contributed by atoms with Crippen molar-refractivity contribution in [1.82, 2.24) is 10.6 Å². The number of hydrogen-bond donors (Lipinski definition) is 2. The molecule has 20 heavy (non-hydrogen) atoms. The molecule has 5 heteroatoms. The number of aryl methyl sites for hydroxylation is 2. The Balaban J connectivity index is 2.44. The lowest BCUT2D eigenvalue weighted by atomic mass is 10.0. The molecule has 0 bridgehead atoms. The zero-order chi connectivity index (χ0) is 15.1. The Bertz CT molecular complexity index is 466. The summed E-state index contributed by atoms with van der Waals surface area (Å²) in [7, 11) is 1.26. The standard InChI is InChI=1S/C15H22N2O3/c1-10-5-11(2)7-13(6-10)8-12(3)17-14(18)9-16-15(19)20-4/h5-7,12H,8-9H2,1-4H3,(H,16,19)(H,17,18)/t12-/m1/s1.